The zero-order chi connectivity index (χ0) is 19.8. The molecule has 5 nitrogen and oxygen atoms in total. The van der Waals surface area contributed by atoms with E-state index in [-0.39, 0.29) is 12.5 Å². The van der Waals surface area contributed by atoms with Gasteiger partial charge in [-0.1, -0.05) is 36.4 Å². The predicted molar refractivity (Wildman–Crippen MR) is 110 cm³/mol. The van der Waals surface area contributed by atoms with Crippen molar-refractivity contribution in [3.63, 3.8) is 0 Å². The summed E-state index contributed by atoms with van der Waals surface area (Å²) in [7, 11) is 3.44. The molecule has 0 bridgehead atoms. The molecule has 3 aromatic carbocycles. The molecule has 3 aromatic rings. The first-order valence-electron chi connectivity index (χ1n) is 9.22. The Hall–Kier alpha value is -3.05. The second kappa shape index (κ2) is 9.76. The van der Waals surface area contributed by atoms with Crippen molar-refractivity contribution < 1.29 is 19.0 Å². The van der Waals surface area contributed by atoms with Gasteiger partial charge in [0, 0.05) is 13.6 Å². The Bertz CT molecular complexity index is 911. The lowest BCUT2D eigenvalue weighted by atomic mass is 10.1. The van der Waals surface area contributed by atoms with E-state index in [1.807, 2.05) is 60.7 Å². The summed E-state index contributed by atoms with van der Waals surface area (Å²) >= 11 is 0. The van der Waals surface area contributed by atoms with Crippen molar-refractivity contribution in [2.75, 3.05) is 34.0 Å². The second-order valence-corrected chi connectivity index (χ2v) is 6.51. The molecular formula is C23H25NO4. The van der Waals surface area contributed by atoms with Gasteiger partial charge in [-0.2, -0.15) is 0 Å². The van der Waals surface area contributed by atoms with Gasteiger partial charge < -0.3 is 19.1 Å². The monoisotopic (exact) mass is 379 g/mol. The smallest absolute Gasteiger partial charge is 0.248 e. The molecule has 0 saturated heterocycles. The normalized spacial score (nSPS) is 10.6. The van der Waals surface area contributed by atoms with Gasteiger partial charge in [-0.15, -0.1) is 0 Å². The number of hydrogen-bond acceptors (Lipinski definition) is 4. The molecule has 0 aliphatic rings. The molecule has 0 saturated carbocycles. The lowest BCUT2D eigenvalue weighted by Crippen LogP contribution is -2.30. The van der Waals surface area contributed by atoms with Crippen molar-refractivity contribution in [1.29, 1.82) is 0 Å². The fourth-order valence-electron chi connectivity index (χ4n) is 2.87. The topological polar surface area (TPSA) is 48.0 Å². The summed E-state index contributed by atoms with van der Waals surface area (Å²) < 4.78 is 16.2. The Morgan fingerprint density at radius 1 is 0.893 bits per heavy atom. The van der Waals surface area contributed by atoms with Crippen LogP contribution in [0.2, 0.25) is 0 Å². The molecule has 0 atom stereocenters. The average Bonchev–Trinajstić information content (AvgIpc) is 2.73. The number of likely N-dealkylation sites (N-methyl/N-ethyl adjacent to an activating group) is 1. The van der Waals surface area contributed by atoms with Crippen LogP contribution in [0, 0.1) is 0 Å². The average molecular weight is 379 g/mol. The summed E-state index contributed by atoms with van der Waals surface area (Å²) in [5, 5.41) is 2.23. The van der Waals surface area contributed by atoms with Crippen LogP contribution in [0.3, 0.4) is 0 Å². The number of hydrogen-bond donors (Lipinski definition) is 0. The number of benzene rings is 3. The van der Waals surface area contributed by atoms with Crippen LogP contribution in [0.25, 0.3) is 10.8 Å². The van der Waals surface area contributed by atoms with E-state index in [1.165, 1.54) is 0 Å². The molecule has 0 aliphatic carbocycles. The highest BCUT2D eigenvalue weighted by atomic mass is 16.5. The minimum absolute atomic E-state index is 0.0411. The van der Waals surface area contributed by atoms with Crippen LogP contribution in [0.4, 0.5) is 0 Å². The Morgan fingerprint density at radius 3 is 2.43 bits per heavy atom. The minimum atomic E-state index is -0.0606. The third-order valence-electron chi connectivity index (χ3n) is 4.42. The summed E-state index contributed by atoms with van der Waals surface area (Å²) in [4.78, 5) is 13.9. The standard InChI is InChI=1S/C23H25NO4/c1-24(23(25)17-27-12-13-28-21-6-4-3-5-7-21)16-18-8-9-20-15-22(26-2)11-10-19(20)14-18/h3-11,14-15H,12-13,16-17H2,1-2H3. The zero-order valence-electron chi connectivity index (χ0n) is 16.3. The number of ether oxygens (including phenoxy) is 3. The highest BCUT2D eigenvalue weighted by Gasteiger charge is 2.10. The van der Waals surface area contributed by atoms with Crippen LogP contribution in [-0.4, -0.2) is 44.8 Å². The van der Waals surface area contributed by atoms with E-state index in [0.717, 1.165) is 27.8 Å². The maximum Gasteiger partial charge on any atom is 0.248 e. The highest BCUT2D eigenvalue weighted by Crippen LogP contribution is 2.22. The van der Waals surface area contributed by atoms with Gasteiger partial charge in [0.2, 0.25) is 5.91 Å². The molecule has 0 heterocycles. The van der Waals surface area contributed by atoms with E-state index >= 15 is 0 Å². The summed E-state index contributed by atoms with van der Waals surface area (Å²) in [6, 6.07) is 21.7. The molecule has 0 unspecified atom stereocenters. The molecular weight excluding hydrogens is 354 g/mol. The molecule has 0 spiro atoms. The molecule has 0 radical (unpaired) electrons. The Balaban J connectivity index is 1.44. The van der Waals surface area contributed by atoms with E-state index in [9.17, 15) is 4.79 Å². The summed E-state index contributed by atoms with van der Waals surface area (Å²) in [6.45, 7) is 1.35. The Kier molecular flexibility index (Phi) is 6.87. The molecule has 0 fully saturated rings. The van der Waals surface area contributed by atoms with Gasteiger partial charge in [-0.3, -0.25) is 4.79 Å². The van der Waals surface area contributed by atoms with Gasteiger partial charge in [0.05, 0.1) is 13.7 Å². The van der Waals surface area contributed by atoms with E-state index in [0.29, 0.717) is 19.8 Å². The number of para-hydroxylation sites is 1. The Labute approximate surface area is 165 Å². The molecule has 3 rings (SSSR count). The fraction of sp³-hybridized carbons (Fsp3) is 0.261. The summed E-state index contributed by atoms with van der Waals surface area (Å²) in [5.41, 5.74) is 1.07. The van der Waals surface area contributed by atoms with E-state index in [1.54, 1.807) is 19.1 Å². The van der Waals surface area contributed by atoms with Gasteiger partial charge in [-0.05, 0) is 46.7 Å². The van der Waals surface area contributed by atoms with E-state index in [2.05, 4.69) is 6.07 Å². The largest absolute Gasteiger partial charge is 0.497 e. The zero-order valence-corrected chi connectivity index (χ0v) is 16.3. The van der Waals surface area contributed by atoms with Crippen LogP contribution in [0.5, 0.6) is 11.5 Å². The van der Waals surface area contributed by atoms with Crippen LogP contribution in [-0.2, 0) is 16.1 Å². The number of rotatable bonds is 9. The second-order valence-electron chi connectivity index (χ2n) is 6.51. The molecule has 0 aromatic heterocycles. The quantitative estimate of drug-likeness (QED) is 0.529. The van der Waals surface area contributed by atoms with Gasteiger partial charge in [0.1, 0.15) is 24.7 Å². The first-order chi connectivity index (χ1) is 13.7. The first-order valence-corrected chi connectivity index (χ1v) is 9.22. The van der Waals surface area contributed by atoms with Crippen molar-refractivity contribution in [1.82, 2.24) is 4.90 Å². The van der Waals surface area contributed by atoms with Crippen molar-refractivity contribution in [2.45, 2.75) is 6.54 Å². The number of fused-ring (bicyclic) bond motifs is 1. The predicted octanol–water partition coefficient (Wildman–Crippen LogP) is 3.90. The minimum Gasteiger partial charge on any atom is -0.497 e. The number of nitrogens with zero attached hydrogens (tertiary/aromatic N) is 1. The number of amides is 1. The third kappa shape index (κ3) is 5.47. The molecule has 0 N–H and O–H groups in total. The maximum atomic E-state index is 12.3. The molecule has 5 heteroatoms. The van der Waals surface area contributed by atoms with Gasteiger partial charge >= 0.3 is 0 Å². The van der Waals surface area contributed by atoms with E-state index < -0.39 is 0 Å². The van der Waals surface area contributed by atoms with Crippen molar-refractivity contribution >= 4 is 16.7 Å². The Morgan fingerprint density at radius 2 is 1.64 bits per heavy atom. The van der Waals surface area contributed by atoms with Crippen LogP contribution < -0.4 is 9.47 Å². The first kappa shape index (κ1) is 19.7. The third-order valence-corrected chi connectivity index (χ3v) is 4.42. The molecule has 146 valence electrons. The molecule has 1 amide bonds. The maximum absolute atomic E-state index is 12.3. The lowest BCUT2D eigenvalue weighted by molar-refractivity contribution is -0.135. The van der Waals surface area contributed by atoms with Gasteiger partial charge in [-0.25, -0.2) is 0 Å². The van der Waals surface area contributed by atoms with Gasteiger partial charge in [0.15, 0.2) is 0 Å². The number of carbonyl (C=O) groups is 1. The van der Waals surface area contributed by atoms with Crippen LogP contribution in [0.15, 0.2) is 66.7 Å². The van der Waals surface area contributed by atoms with Crippen molar-refractivity contribution in [2.24, 2.45) is 0 Å². The van der Waals surface area contributed by atoms with Crippen LogP contribution >= 0.6 is 0 Å². The SMILES string of the molecule is COc1ccc2cc(CN(C)C(=O)COCCOc3ccccc3)ccc2c1. The van der Waals surface area contributed by atoms with Gasteiger partial charge in [0.25, 0.3) is 0 Å². The number of methoxy groups -OCH3 is 1. The van der Waals surface area contributed by atoms with Crippen LogP contribution in [0.1, 0.15) is 5.56 Å². The van der Waals surface area contributed by atoms with Crippen molar-refractivity contribution in [3.8, 4) is 11.5 Å². The molecule has 28 heavy (non-hydrogen) atoms. The van der Waals surface area contributed by atoms with Crippen molar-refractivity contribution in [3.05, 3.63) is 72.3 Å². The molecule has 0 aliphatic heterocycles. The highest BCUT2D eigenvalue weighted by molar-refractivity contribution is 5.84. The number of carbonyl (C=O) groups excluding carboxylic acids is 1. The van der Waals surface area contributed by atoms with E-state index in [4.69, 9.17) is 14.2 Å². The lowest BCUT2D eigenvalue weighted by Gasteiger charge is -2.18. The summed E-state index contributed by atoms with van der Waals surface area (Å²) in [5.74, 6) is 1.57. The summed E-state index contributed by atoms with van der Waals surface area (Å²) in [6.07, 6.45) is 0. The fourth-order valence-corrected chi connectivity index (χ4v) is 2.87.